The van der Waals surface area contributed by atoms with E-state index in [1.165, 1.54) is 0 Å². The molecule has 0 unspecified atom stereocenters. The van der Waals surface area contributed by atoms with Crippen molar-refractivity contribution in [1.82, 2.24) is 10.3 Å². The smallest absolute Gasteiger partial charge is 0.268 e. The summed E-state index contributed by atoms with van der Waals surface area (Å²) in [4.78, 5) is 16.2. The third-order valence-electron chi connectivity index (χ3n) is 6.08. The molecule has 1 atom stereocenters. The fourth-order valence-corrected chi connectivity index (χ4v) is 5.09. The minimum absolute atomic E-state index is 0.0942. The summed E-state index contributed by atoms with van der Waals surface area (Å²) in [5.74, 6) is -0.455. The Bertz CT molecular complexity index is 1510. The zero-order chi connectivity index (χ0) is 26.8. The highest BCUT2D eigenvalue weighted by molar-refractivity contribution is 7.92. The second kappa shape index (κ2) is 10.4. The lowest BCUT2D eigenvalue weighted by molar-refractivity contribution is 0.0799. The van der Waals surface area contributed by atoms with E-state index in [-0.39, 0.29) is 22.5 Å². The molecule has 0 bridgehead atoms. The van der Waals surface area contributed by atoms with E-state index in [9.17, 15) is 18.3 Å². The number of hydrogen-bond donors (Lipinski definition) is 5. The normalized spacial score (nSPS) is 12.9. The van der Waals surface area contributed by atoms with Crippen LogP contribution in [0.5, 0.6) is 0 Å². The van der Waals surface area contributed by atoms with Gasteiger partial charge in [-0.05, 0) is 46.9 Å². The number of aliphatic hydroxyl groups is 2. The monoisotopic (exact) mass is 521 g/mol. The number of carbonyl (C=O) groups excluding carboxylic acids is 1. The molecule has 0 aliphatic carbocycles. The maximum Gasteiger partial charge on any atom is 0.268 e. The van der Waals surface area contributed by atoms with Gasteiger partial charge in [-0.3, -0.25) is 9.52 Å². The van der Waals surface area contributed by atoms with Gasteiger partial charge in [-0.25, -0.2) is 8.42 Å². The van der Waals surface area contributed by atoms with Gasteiger partial charge in [0.25, 0.3) is 15.9 Å². The van der Waals surface area contributed by atoms with Crippen LogP contribution >= 0.6 is 0 Å². The van der Waals surface area contributed by atoms with Gasteiger partial charge in [0.15, 0.2) is 0 Å². The first-order valence-electron chi connectivity index (χ1n) is 11.9. The Morgan fingerprint density at radius 1 is 1.00 bits per heavy atom. The number of carbonyl (C=O) groups is 1. The average molecular weight is 522 g/mol. The summed E-state index contributed by atoms with van der Waals surface area (Å²) in [5.41, 5.74) is 3.56. The molecule has 0 spiro atoms. The molecular weight excluding hydrogens is 490 g/mol. The van der Waals surface area contributed by atoms with Crippen molar-refractivity contribution in [2.75, 3.05) is 17.9 Å². The summed E-state index contributed by atoms with van der Waals surface area (Å²) >= 11 is 0. The topological polar surface area (TPSA) is 132 Å². The summed E-state index contributed by atoms with van der Waals surface area (Å²) in [6, 6.07) is 21.1. The fourth-order valence-electron chi connectivity index (χ4n) is 4.04. The van der Waals surface area contributed by atoms with Gasteiger partial charge in [0.2, 0.25) is 0 Å². The first kappa shape index (κ1) is 26.4. The Balaban J connectivity index is 1.72. The van der Waals surface area contributed by atoms with Crippen LogP contribution in [-0.4, -0.2) is 48.8 Å². The zero-order valence-corrected chi connectivity index (χ0v) is 21.8. The first-order valence-corrected chi connectivity index (χ1v) is 13.4. The number of benzene rings is 3. The molecule has 3 aromatic carbocycles. The lowest BCUT2D eigenvalue weighted by atomic mass is 9.87. The lowest BCUT2D eigenvalue weighted by Gasteiger charge is -2.19. The Kier molecular flexibility index (Phi) is 7.40. The maximum absolute atomic E-state index is 13.1. The predicted octanol–water partition coefficient (Wildman–Crippen LogP) is 4.02. The molecular formula is C28H31N3O5S. The van der Waals surface area contributed by atoms with Crippen molar-refractivity contribution in [3.63, 3.8) is 0 Å². The molecule has 1 aromatic heterocycles. The number of aromatic amines is 1. The van der Waals surface area contributed by atoms with Crippen molar-refractivity contribution in [2.24, 2.45) is 0 Å². The highest BCUT2D eigenvalue weighted by atomic mass is 32.2. The van der Waals surface area contributed by atoms with Gasteiger partial charge in [0.05, 0.1) is 17.6 Å². The number of fused-ring (bicyclic) bond motifs is 1. The summed E-state index contributed by atoms with van der Waals surface area (Å²) in [7, 11) is -3.84. The summed E-state index contributed by atoms with van der Waals surface area (Å²) in [6.07, 6.45) is -1.08. The van der Waals surface area contributed by atoms with Gasteiger partial charge in [0, 0.05) is 28.7 Å². The van der Waals surface area contributed by atoms with Crippen LogP contribution in [0.25, 0.3) is 22.0 Å². The lowest BCUT2D eigenvalue weighted by Crippen LogP contribution is -2.34. The average Bonchev–Trinajstić information content (AvgIpc) is 3.25. The van der Waals surface area contributed by atoms with E-state index < -0.39 is 28.6 Å². The Labute approximate surface area is 216 Å². The molecule has 194 valence electrons. The zero-order valence-electron chi connectivity index (χ0n) is 20.9. The van der Waals surface area contributed by atoms with Crippen molar-refractivity contribution >= 4 is 32.5 Å². The molecule has 0 aliphatic heterocycles. The van der Waals surface area contributed by atoms with Gasteiger partial charge in [-0.15, -0.1) is 0 Å². The number of nitrogens with one attached hydrogen (secondary N) is 3. The third-order valence-corrected chi connectivity index (χ3v) is 7.48. The van der Waals surface area contributed by atoms with E-state index in [0.717, 1.165) is 11.1 Å². The SMILES string of the molecule is CC(C)(C)c1ccc(S(=O)(=O)Nc2ccc3[nH]c(C(=O)NC[C@H](O)CO)c(-c4ccccc4)c3c2)cc1. The number of sulfonamides is 1. The van der Waals surface area contributed by atoms with Gasteiger partial charge in [-0.1, -0.05) is 63.2 Å². The van der Waals surface area contributed by atoms with Crippen LogP contribution in [0, 0.1) is 0 Å². The molecule has 0 aliphatic rings. The minimum atomic E-state index is -3.84. The molecule has 0 radical (unpaired) electrons. The maximum atomic E-state index is 13.1. The van der Waals surface area contributed by atoms with E-state index in [1.54, 1.807) is 30.3 Å². The van der Waals surface area contributed by atoms with Crippen LogP contribution < -0.4 is 10.0 Å². The van der Waals surface area contributed by atoms with Crippen LogP contribution in [-0.2, 0) is 15.4 Å². The van der Waals surface area contributed by atoms with Crippen molar-refractivity contribution in [3.05, 3.63) is 84.1 Å². The molecule has 37 heavy (non-hydrogen) atoms. The Morgan fingerprint density at radius 2 is 1.68 bits per heavy atom. The third kappa shape index (κ3) is 5.85. The quantitative estimate of drug-likeness (QED) is 0.239. The number of rotatable bonds is 8. The van der Waals surface area contributed by atoms with Gasteiger partial charge < -0.3 is 20.5 Å². The van der Waals surface area contributed by atoms with E-state index >= 15 is 0 Å². The molecule has 8 nitrogen and oxygen atoms in total. The van der Waals surface area contributed by atoms with Crippen LogP contribution in [0.4, 0.5) is 5.69 Å². The Hall–Kier alpha value is -3.66. The Morgan fingerprint density at radius 3 is 2.30 bits per heavy atom. The molecule has 4 aromatic rings. The van der Waals surface area contributed by atoms with Gasteiger partial charge in [0.1, 0.15) is 5.69 Å². The number of anilines is 1. The summed E-state index contributed by atoms with van der Waals surface area (Å²) in [6.45, 7) is 5.61. The fraction of sp³-hybridized carbons (Fsp3) is 0.250. The van der Waals surface area contributed by atoms with Crippen molar-refractivity contribution in [3.8, 4) is 11.1 Å². The molecule has 9 heteroatoms. The van der Waals surface area contributed by atoms with Crippen molar-refractivity contribution in [2.45, 2.75) is 37.2 Å². The van der Waals surface area contributed by atoms with Crippen LogP contribution in [0.1, 0.15) is 36.8 Å². The standard InChI is InChI=1S/C28H31N3O5S/c1-28(2,3)19-9-12-22(13-10-19)37(35,36)31-20-11-14-24-23(15-20)25(18-7-5-4-6-8-18)26(30-24)27(34)29-16-21(33)17-32/h4-15,21,30-33H,16-17H2,1-3H3,(H,29,34)/t21-/m0/s1. The molecule has 0 saturated carbocycles. The second-order valence-electron chi connectivity index (χ2n) is 9.93. The highest BCUT2D eigenvalue weighted by Gasteiger charge is 2.22. The molecule has 1 heterocycles. The minimum Gasteiger partial charge on any atom is -0.394 e. The van der Waals surface area contributed by atoms with Crippen LogP contribution in [0.3, 0.4) is 0 Å². The number of aliphatic hydroxyl groups excluding tert-OH is 2. The van der Waals surface area contributed by atoms with Gasteiger partial charge in [-0.2, -0.15) is 0 Å². The van der Waals surface area contributed by atoms with E-state index in [4.69, 9.17) is 5.11 Å². The molecule has 5 N–H and O–H groups in total. The number of hydrogen-bond acceptors (Lipinski definition) is 5. The van der Waals surface area contributed by atoms with Crippen molar-refractivity contribution < 1.29 is 23.4 Å². The molecule has 4 rings (SSSR count). The van der Waals surface area contributed by atoms with Crippen LogP contribution in [0.15, 0.2) is 77.7 Å². The second-order valence-corrected chi connectivity index (χ2v) is 11.6. The number of amides is 1. The van der Waals surface area contributed by atoms with E-state index in [0.29, 0.717) is 22.2 Å². The summed E-state index contributed by atoms with van der Waals surface area (Å²) < 4.78 is 28.9. The van der Waals surface area contributed by atoms with E-state index in [1.807, 2.05) is 42.5 Å². The van der Waals surface area contributed by atoms with Crippen molar-refractivity contribution in [1.29, 1.82) is 0 Å². The number of aromatic nitrogens is 1. The molecule has 0 saturated heterocycles. The molecule has 0 fully saturated rings. The molecule has 1 amide bonds. The number of H-pyrrole nitrogens is 1. The summed E-state index contributed by atoms with van der Waals surface area (Å²) in [5, 5.41) is 22.0. The largest absolute Gasteiger partial charge is 0.394 e. The predicted molar refractivity (Wildman–Crippen MR) is 145 cm³/mol. The highest BCUT2D eigenvalue weighted by Crippen LogP contribution is 2.35. The first-order chi connectivity index (χ1) is 17.5. The van der Waals surface area contributed by atoms with Crippen LogP contribution in [0.2, 0.25) is 0 Å². The van der Waals surface area contributed by atoms with E-state index in [2.05, 4.69) is 35.8 Å². The van der Waals surface area contributed by atoms with Gasteiger partial charge >= 0.3 is 0 Å².